The van der Waals surface area contributed by atoms with Gasteiger partial charge in [0.1, 0.15) is 4.88 Å². The summed E-state index contributed by atoms with van der Waals surface area (Å²) in [4.78, 5) is 34.1. The van der Waals surface area contributed by atoms with Gasteiger partial charge in [0.15, 0.2) is 0 Å². The molecule has 3 aromatic heterocycles. The Kier molecular flexibility index (Phi) is 6.32. The number of rotatable bonds is 7. The van der Waals surface area contributed by atoms with Crippen molar-refractivity contribution in [2.75, 3.05) is 19.0 Å². The highest BCUT2D eigenvalue weighted by Crippen LogP contribution is 2.25. The molecule has 0 aliphatic carbocycles. The van der Waals surface area contributed by atoms with Crippen molar-refractivity contribution in [3.05, 3.63) is 50.5 Å². The summed E-state index contributed by atoms with van der Waals surface area (Å²) in [6, 6.07) is 3.38. The fourth-order valence-electron chi connectivity index (χ4n) is 2.42. The Balaban J connectivity index is 1.75. The maximum Gasteiger partial charge on any atom is 0.349 e. The van der Waals surface area contributed by atoms with Gasteiger partial charge in [-0.3, -0.25) is 4.79 Å². The van der Waals surface area contributed by atoms with Crippen LogP contribution in [-0.2, 0) is 11.2 Å². The molecule has 1 N–H and O–H groups in total. The highest BCUT2D eigenvalue weighted by molar-refractivity contribution is 7.13. The third kappa shape index (κ3) is 4.52. The molecule has 3 heterocycles. The topological polar surface area (TPSA) is 103 Å². The molecular weight excluding hydrogens is 400 g/mol. The minimum absolute atomic E-state index is 0.268. The van der Waals surface area contributed by atoms with Gasteiger partial charge in [-0.05, 0) is 31.4 Å². The van der Waals surface area contributed by atoms with E-state index in [9.17, 15) is 9.59 Å². The van der Waals surface area contributed by atoms with Crippen LogP contribution in [0, 0.1) is 6.92 Å². The zero-order chi connectivity index (χ0) is 20.1. The first-order chi connectivity index (χ1) is 13.5. The third-order valence-electron chi connectivity index (χ3n) is 3.71. The van der Waals surface area contributed by atoms with E-state index in [2.05, 4.69) is 19.7 Å². The summed E-state index contributed by atoms with van der Waals surface area (Å²) in [6.07, 6.45) is 3.44. The fourth-order valence-corrected chi connectivity index (χ4v) is 4.21. The molecule has 0 radical (unpaired) electrons. The van der Waals surface area contributed by atoms with Gasteiger partial charge in [0.05, 0.1) is 48.1 Å². The van der Waals surface area contributed by atoms with E-state index in [1.807, 2.05) is 0 Å². The van der Waals surface area contributed by atoms with Crippen molar-refractivity contribution >= 4 is 40.4 Å². The number of carbonyl (C=O) groups excluding carboxylic acids is 2. The number of hydrogen-bond acceptors (Lipinski definition) is 9. The number of hydrogen-bond donors (Lipinski definition) is 1. The number of ether oxygens (including phenoxy) is 2. The van der Waals surface area contributed by atoms with Crippen LogP contribution < -0.4 is 10.1 Å². The van der Waals surface area contributed by atoms with E-state index in [-0.39, 0.29) is 5.91 Å². The predicted molar refractivity (Wildman–Crippen MR) is 106 cm³/mol. The number of aryl methyl sites for hydroxylation is 1. The summed E-state index contributed by atoms with van der Waals surface area (Å²) in [5.74, 6) is -0.194. The second-order valence-corrected chi connectivity index (χ2v) is 7.60. The Hall–Kier alpha value is -2.85. The van der Waals surface area contributed by atoms with Gasteiger partial charge in [0, 0.05) is 17.4 Å². The van der Waals surface area contributed by atoms with Gasteiger partial charge in [0.25, 0.3) is 5.91 Å². The average Bonchev–Trinajstić information content (AvgIpc) is 3.30. The summed E-state index contributed by atoms with van der Waals surface area (Å²) >= 11 is 2.50. The molecule has 0 aliphatic heterocycles. The maximum absolute atomic E-state index is 12.8. The molecule has 10 heteroatoms. The molecule has 3 aromatic rings. The first kappa shape index (κ1) is 19.9. The SMILES string of the molecule is CCOC(=O)c1cnc(Cc2snc(C)c2C(=O)Nc2ccc(OC)nc2)s1. The summed E-state index contributed by atoms with van der Waals surface area (Å²) < 4.78 is 14.3. The number of pyridine rings is 1. The number of thiazole rings is 1. The normalized spacial score (nSPS) is 10.5. The first-order valence-corrected chi connectivity index (χ1v) is 9.99. The van der Waals surface area contributed by atoms with Gasteiger partial charge in [-0.15, -0.1) is 11.3 Å². The highest BCUT2D eigenvalue weighted by atomic mass is 32.1. The van der Waals surface area contributed by atoms with Crippen LogP contribution in [0.4, 0.5) is 5.69 Å². The van der Waals surface area contributed by atoms with E-state index in [0.29, 0.717) is 45.7 Å². The molecule has 0 aromatic carbocycles. The molecule has 0 saturated carbocycles. The lowest BCUT2D eigenvalue weighted by Crippen LogP contribution is -2.14. The number of carbonyl (C=O) groups is 2. The zero-order valence-corrected chi connectivity index (χ0v) is 17.1. The largest absolute Gasteiger partial charge is 0.481 e. The summed E-state index contributed by atoms with van der Waals surface area (Å²) in [6.45, 7) is 3.85. The van der Waals surface area contributed by atoms with Crippen molar-refractivity contribution < 1.29 is 19.1 Å². The van der Waals surface area contributed by atoms with Crippen LogP contribution in [0.1, 0.15) is 42.5 Å². The maximum atomic E-state index is 12.8. The monoisotopic (exact) mass is 418 g/mol. The number of amides is 1. The molecule has 0 spiro atoms. The second-order valence-electron chi connectivity index (χ2n) is 5.63. The van der Waals surface area contributed by atoms with Gasteiger partial charge >= 0.3 is 5.97 Å². The number of anilines is 1. The van der Waals surface area contributed by atoms with E-state index < -0.39 is 5.97 Å². The minimum Gasteiger partial charge on any atom is -0.481 e. The van der Waals surface area contributed by atoms with Crippen molar-refractivity contribution in [2.45, 2.75) is 20.3 Å². The summed E-state index contributed by atoms with van der Waals surface area (Å²) in [5.41, 5.74) is 1.70. The first-order valence-electron chi connectivity index (χ1n) is 8.40. The summed E-state index contributed by atoms with van der Waals surface area (Å²) in [7, 11) is 1.53. The predicted octanol–water partition coefficient (Wildman–Crippen LogP) is 3.33. The van der Waals surface area contributed by atoms with E-state index in [1.165, 1.54) is 42.4 Å². The van der Waals surface area contributed by atoms with E-state index in [4.69, 9.17) is 9.47 Å². The Morgan fingerprint density at radius 1 is 1.21 bits per heavy atom. The number of aromatic nitrogens is 3. The molecule has 8 nitrogen and oxygen atoms in total. The van der Waals surface area contributed by atoms with Crippen LogP contribution in [0.2, 0.25) is 0 Å². The molecule has 1 amide bonds. The van der Waals surface area contributed by atoms with Crippen molar-refractivity contribution in [2.24, 2.45) is 0 Å². The molecule has 0 unspecified atom stereocenters. The van der Waals surface area contributed by atoms with Crippen molar-refractivity contribution in [1.29, 1.82) is 0 Å². The fraction of sp³-hybridized carbons (Fsp3) is 0.278. The van der Waals surface area contributed by atoms with Crippen LogP contribution in [0.5, 0.6) is 5.88 Å². The third-order valence-corrected chi connectivity index (χ3v) is 5.62. The quantitative estimate of drug-likeness (QED) is 0.587. The lowest BCUT2D eigenvalue weighted by atomic mass is 10.1. The van der Waals surface area contributed by atoms with Crippen molar-refractivity contribution in [1.82, 2.24) is 14.3 Å². The van der Waals surface area contributed by atoms with E-state index >= 15 is 0 Å². The lowest BCUT2D eigenvalue weighted by Gasteiger charge is -2.06. The Labute approximate surface area is 169 Å². The highest BCUT2D eigenvalue weighted by Gasteiger charge is 2.21. The van der Waals surface area contributed by atoms with E-state index in [1.54, 1.807) is 26.0 Å². The van der Waals surface area contributed by atoms with E-state index in [0.717, 1.165) is 4.88 Å². The van der Waals surface area contributed by atoms with Crippen LogP contribution in [-0.4, -0.2) is 39.9 Å². The lowest BCUT2D eigenvalue weighted by molar-refractivity contribution is 0.0531. The standard InChI is InChI=1S/C18H18N4O4S2/c1-4-26-18(24)13-9-20-15(27-13)7-12-16(10(2)22-28-12)17(23)21-11-5-6-14(25-3)19-8-11/h5-6,8-9H,4,7H2,1-3H3,(H,21,23). The van der Waals surface area contributed by atoms with Gasteiger partial charge < -0.3 is 14.8 Å². The summed E-state index contributed by atoms with van der Waals surface area (Å²) in [5, 5.41) is 3.54. The Bertz CT molecular complexity index is 982. The number of esters is 1. The second kappa shape index (κ2) is 8.89. The molecule has 0 saturated heterocycles. The number of methoxy groups -OCH3 is 1. The van der Waals surface area contributed by atoms with Crippen LogP contribution in [0.15, 0.2) is 24.5 Å². The molecule has 0 atom stereocenters. The van der Waals surface area contributed by atoms with Crippen LogP contribution >= 0.6 is 22.9 Å². The Morgan fingerprint density at radius 3 is 2.71 bits per heavy atom. The van der Waals surface area contributed by atoms with Crippen LogP contribution in [0.3, 0.4) is 0 Å². The van der Waals surface area contributed by atoms with Crippen LogP contribution in [0.25, 0.3) is 0 Å². The Morgan fingerprint density at radius 2 is 2.04 bits per heavy atom. The smallest absolute Gasteiger partial charge is 0.349 e. The van der Waals surface area contributed by atoms with Gasteiger partial charge in [-0.2, -0.15) is 4.37 Å². The molecule has 146 valence electrons. The molecule has 0 bridgehead atoms. The average molecular weight is 419 g/mol. The number of nitrogens with one attached hydrogen (secondary N) is 1. The van der Waals surface area contributed by atoms with Gasteiger partial charge in [0.2, 0.25) is 5.88 Å². The zero-order valence-electron chi connectivity index (χ0n) is 15.5. The molecular formula is C18H18N4O4S2. The molecule has 28 heavy (non-hydrogen) atoms. The molecule has 3 rings (SSSR count). The van der Waals surface area contributed by atoms with Crippen molar-refractivity contribution in [3.63, 3.8) is 0 Å². The van der Waals surface area contributed by atoms with Gasteiger partial charge in [-0.1, -0.05) is 0 Å². The van der Waals surface area contributed by atoms with Gasteiger partial charge in [-0.25, -0.2) is 14.8 Å². The molecule has 0 aliphatic rings. The molecule has 0 fully saturated rings. The minimum atomic E-state index is -0.392. The van der Waals surface area contributed by atoms with Crippen molar-refractivity contribution in [3.8, 4) is 5.88 Å². The number of nitrogens with zero attached hydrogens (tertiary/aromatic N) is 3.